The van der Waals surface area contributed by atoms with Crippen LogP contribution in [0.2, 0.25) is 0 Å². The largest absolute Gasteiger partial charge is 0.494 e. The van der Waals surface area contributed by atoms with E-state index in [0.717, 1.165) is 29.7 Å². The number of aromatic hydroxyl groups is 1. The van der Waals surface area contributed by atoms with Gasteiger partial charge in [-0.05, 0) is 61.2 Å². The van der Waals surface area contributed by atoms with E-state index in [1.165, 1.54) is 7.11 Å². The van der Waals surface area contributed by atoms with Crippen molar-refractivity contribution in [1.29, 1.82) is 0 Å². The predicted octanol–water partition coefficient (Wildman–Crippen LogP) is 4.99. The standard InChI is InChI=1S/C32H32N4O4/c1-35-17-25-24(26(25)18-35)16-28(37)36(2)22-12-10-21(11-13-22)33-30(19-7-5-4-6-8-19)29-23-14-9-20(32(39)40-3)15-27(23)34-31(29)38/h4-15,24-26,34,38H,16-18H2,1-3H3. The van der Waals surface area contributed by atoms with Crippen LogP contribution < -0.4 is 4.90 Å². The molecule has 2 unspecified atom stereocenters. The van der Waals surface area contributed by atoms with Crippen molar-refractivity contribution in [3.63, 3.8) is 0 Å². The highest BCUT2D eigenvalue weighted by Crippen LogP contribution is 2.53. The van der Waals surface area contributed by atoms with Crippen LogP contribution >= 0.6 is 0 Å². The van der Waals surface area contributed by atoms with E-state index in [-0.39, 0.29) is 11.8 Å². The molecular weight excluding hydrogens is 504 g/mol. The van der Waals surface area contributed by atoms with Crippen molar-refractivity contribution in [3.05, 3.63) is 89.5 Å². The number of rotatable bonds is 7. The van der Waals surface area contributed by atoms with Gasteiger partial charge in [0, 0.05) is 48.7 Å². The minimum Gasteiger partial charge on any atom is -0.494 e. The molecule has 1 aliphatic heterocycles. The van der Waals surface area contributed by atoms with Gasteiger partial charge >= 0.3 is 5.97 Å². The van der Waals surface area contributed by atoms with Crippen LogP contribution in [0.5, 0.6) is 5.88 Å². The van der Waals surface area contributed by atoms with Gasteiger partial charge in [-0.1, -0.05) is 36.4 Å². The van der Waals surface area contributed by atoms with Crippen molar-refractivity contribution >= 4 is 39.9 Å². The molecule has 4 aromatic rings. The lowest BCUT2D eigenvalue weighted by Crippen LogP contribution is -2.28. The van der Waals surface area contributed by atoms with Gasteiger partial charge in [-0.15, -0.1) is 0 Å². The Labute approximate surface area is 232 Å². The van der Waals surface area contributed by atoms with E-state index in [1.807, 2.05) is 61.6 Å². The maximum Gasteiger partial charge on any atom is 0.337 e. The van der Waals surface area contributed by atoms with E-state index in [0.29, 0.717) is 52.2 Å². The molecule has 2 aliphatic rings. The molecule has 2 fully saturated rings. The number of aliphatic imine (C=N–C) groups is 1. The number of aromatic amines is 1. The Morgan fingerprint density at radius 2 is 1.73 bits per heavy atom. The molecule has 8 nitrogen and oxygen atoms in total. The number of likely N-dealkylation sites (tertiary alicyclic amines) is 1. The fraction of sp³-hybridized carbons (Fsp3) is 0.281. The van der Waals surface area contributed by atoms with Crippen molar-refractivity contribution in [2.75, 3.05) is 39.2 Å². The molecule has 2 heterocycles. The minimum atomic E-state index is -0.453. The molecule has 1 amide bonds. The van der Waals surface area contributed by atoms with E-state index in [4.69, 9.17) is 9.73 Å². The van der Waals surface area contributed by atoms with E-state index >= 15 is 0 Å². The Hall–Kier alpha value is -4.43. The summed E-state index contributed by atoms with van der Waals surface area (Å²) in [6.07, 6.45) is 0.593. The van der Waals surface area contributed by atoms with Gasteiger partial charge in [-0.2, -0.15) is 0 Å². The second-order valence-electron chi connectivity index (χ2n) is 10.8. The SMILES string of the molecule is COC(=O)c1ccc2c(C(=Nc3ccc(N(C)C(=O)CC4C5CN(C)CC45)cc3)c3ccccc3)c(O)[nH]c2c1. The van der Waals surface area contributed by atoms with Crippen LogP contribution in [0.25, 0.3) is 10.9 Å². The lowest BCUT2D eigenvalue weighted by molar-refractivity contribution is -0.118. The summed E-state index contributed by atoms with van der Waals surface area (Å²) in [7, 11) is 5.30. The molecule has 1 saturated carbocycles. The molecule has 40 heavy (non-hydrogen) atoms. The van der Waals surface area contributed by atoms with Gasteiger partial charge in [-0.3, -0.25) is 4.79 Å². The molecule has 0 spiro atoms. The summed E-state index contributed by atoms with van der Waals surface area (Å²) in [5.74, 6) is 1.49. The number of hydrogen-bond acceptors (Lipinski definition) is 6. The average Bonchev–Trinajstić information content (AvgIpc) is 3.27. The summed E-state index contributed by atoms with van der Waals surface area (Å²) in [5.41, 5.74) is 4.43. The third-order valence-electron chi connectivity index (χ3n) is 8.30. The number of methoxy groups -OCH3 is 1. The van der Waals surface area contributed by atoms with Crippen LogP contribution in [0.1, 0.15) is 27.9 Å². The first-order valence-corrected chi connectivity index (χ1v) is 13.5. The monoisotopic (exact) mass is 536 g/mol. The normalized spacial score (nSPS) is 20.4. The van der Waals surface area contributed by atoms with E-state index in [1.54, 1.807) is 23.1 Å². The number of nitrogens with zero attached hydrogens (tertiary/aromatic N) is 3. The summed E-state index contributed by atoms with van der Waals surface area (Å²) in [5, 5.41) is 11.7. The van der Waals surface area contributed by atoms with Crippen molar-refractivity contribution < 1.29 is 19.4 Å². The van der Waals surface area contributed by atoms with Crippen molar-refractivity contribution in [2.45, 2.75) is 6.42 Å². The Kier molecular flexibility index (Phi) is 6.64. The predicted molar refractivity (Wildman–Crippen MR) is 155 cm³/mol. The van der Waals surface area contributed by atoms with Crippen molar-refractivity contribution in [2.24, 2.45) is 22.7 Å². The van der Waals surface area contributed by atoms with Crippen LogP contribution in [-0.2, 0) is 9.53 Å². The number of H-pyrrole nitrogens is 1. The summed E-state index contributed by atoms with van der Waals surface area (Å²) in [6, 6.07) is 22.3. The van der Waals surface area contributed by atoms with Crippen LogP contribution in [0.15, 0.2) is 77.8 Å². The first-order chi connectivity index (χ1) is 19.3. The average molecular weight is 537 g/mol. The number of anilines is 1. The zero-order valence-corrected chi connectivity index (χ0v) is 22.8. The number of amides is 1. The van der Waals surface area contributed by atoms with Gasteiger partial charge in [0.05, 0.1) is 29.6 Å². The molecule has 0 radical (unpaired) electrons. The summed E-state index contributed by atoms with van der Waals surface area (Å²) >= 11 is 0. The smallest absolute Gasteiger partial charge is 0.337 e. The molecule has 1 aliphatic carbocycles. The van der Waals surface area contributed by atoms with E-state index in [2.05, 4.69) is 16.9 Å². The molecule has 1 saturated heterocycles. The fourth-order valence-electron chi connectivity index (χ4n) is 6.05. The number of hydrogen-bond donors (Lipinski definition) is 2. The Bertz CT molecular complexity index is 1600. The number of piperidine rings is 1. The molecule has 2 atom stereocenters. The van der Waals surface area contributed by atoms with Crippen LogP contribution in [0, 0.1) is 17.8 Å². The highest BCUT2D eigenvalue weighted by atomic mass is 16.5. The Morgan fingerprint density at radius 1 is 1.02 bits per heavy atom. The Morgan fingerprint density at radius 3 is 2.40 bits per heavy atom. The van der Waals surface area contributed by atoms with Crippen LogP contribution in [0.3, 0.4) is 0 Å². The quantitative estimate of drug-likeness (QED) is 0.256. The fourth-order valence-corrected chi connectivity index (χ4v) is 6.05. The molecule has 2 N–H and O–H groups in total. The zero-order chi connectivity index (χ0) is 28.0. The first-order valence-electron chi connectivity index (χ1n) is 13.5. The summed E-state index contributed by atoms with van der Waals surface area (Å²) in [4.78, 5) is 37.0. The van der Waals surface area contributed by atoms with Crippen molar-refractivity contribution in [3.8, 4) is 5.88 Å². The third-order valence-corrected chi connectivity index (χ3v) is 8.30. The third kappa shape index (κ3) is 4.75. The summed E-state index contributed by atoms with van der Waals surface area (Å²) in [6.45, 7) is 2.20. The van der Waals surface area contributed by atoms with Crippen LogP contribution in [-0.4, -0.2) is 66.9 Å². The number of fused-ring (bicyclic) bond motifs is 2. The highest BCUT2D eigenvalue weighted by Gasteiger charge is 2.55. The van der Waals surface area contributed by atoms with Gasteiger partial charge in [0.25, 0.3) is 0 Å². The number of ether oxygens (including phenoxy) is 1. The lowest BCUT2D eigenvalue weighted by Gasteiger charge is -2.19. The molecule has 0 bridgehead atoms. The maximum atomic E-state index is 13.0. The van der Waals surface area contributed by atoms with Gasteiger partial charge in [0.2, 0.25) is 5.91 Å². The molecule has 204 valence electrons. The minimum absolute atomic E-state index is 0.0439. The van der Waals surface area contributed by atoms with Crippen molar-refractivity contribution in [1.82, 2.24) is 9.88 Å². The first kappa shape index (κ1) is 25.8. The number of carbonyl (C=O) groups is 2. The molecular formula is C32H32N4O4. The Balaban J connectivity index is 1.29. The number of aromatic nitrogens is 1. The number of esters is 1. The molecule has 6 rings (SSSR count). The van der Waals surface area contributed by atoms with Gasteiger partial charge in [-0.25, -0.2) is 9.79 Å². The molecule has 3 aromatic carbocycles. The number of nitrogens with one attached hydrogen (secondary N) is 1. The number of carbonyl (C=O) groups excluding carboxylic acids is 2. The molecule has 1 aromatic heterocycles. The second-order valence-corrected chi connectivity index (χ2v) is 10.8. The van der Waals surface area contributed by atoms with Gasteiger partial charge < -0.3 is 24.6 Å². The van der Waals surface area contributed by atoms with Gasteiger partial charge in [0.15, 0.2) is 5.88 Å². The molecule has 8 heteroatoms. The van der Waals surface area contributed by atoms with Gasteiger partial charge in [0.1, 0.15) is 0 Å². The number of benzene rings is 3. The lowest BCUT2D eigenvalue weighted by atomic mass is 10.00. The topological polar surface area (TPSA) is 98.2 Å². The second kappa shape index (κ2) is 10.3. The zero-order valence-electron chi connectivity index (χ0n) is 22.8. The van der Waals surface area contributed by atoms with E-state index < -0.39 is 5.97 Å². The highest BCUT2D eigenvalue weighted by molar-refractivity contribution is 6.22. The van der Waals surface area contributed by atoms with E-state index in [9.17, 15) is 14.7 Å². The summed E-state index contributed by atoms with van der Waals surface area (Å²) < 4.78 is 4.84. The van der Waals surface area contributed by atoms with Crippen LogP contribution in [0.4, 0.5) is 11.4 Å². The maximum absolute atomic E-state index is 13.0.